The molecule has 1 unspecified atom stereocenters. The molecule has 0 aliphatic carbocycles. The molecule has 4 nitrogen and oxygen atoms in total. The third-order valence-electron chi connectivity index (χ3n) is 4.84. The molecule has 1 saturated heterocycles. The summed E-state index contributed by atoms with van der Waals surface area (Å²) in [6.07, 6.45) is 2.48. The maximum Gasteiger partial charge on any atom is 0.254 e. The zero-order valence-electron chi connectivity index (χ0n) is 14.2. The van der Waals surface area contributed by atoms with Crippen molar-refractivity contribution in [3.05, 3.63) is 58.4 Å². The summed E-state index contributed by atoms with van der Waals surface area (Å²) in [4.78, 5) is 14.9. The van der Waals surface area contributed by atoms with Crippen LogP contribution in [-0.4, -0.2) is 36.6 Å². The Morgan fingerprint density at radius 3 is 2.92 bits per heavy atom. The van der Waals surface area contributed by atoms with Crippen LogP contribution in [0.2, 0.25) is 5.02 Å². The fourth-order valence-corrected chi connectivity index (χ4v) is 3.92. The molecule has 1 amide bonds. The van der Waals surface area contributed by atoms with Crippen molar-refractivity contribution in [3.63, 3.8) is 0 Å². The topological polar surface area (TPSA) is 38.8 Å². The fourth-order valence-electron chi connectivity index (χ4n) is 3.65. The normalized spacial score (nSPS) is 18.8. The van der Waals surface area contributed by atoms with Crippen LogP contribution < -0.4 is 9.47 Å². The Kier molecular flexibility index (Phi) is 4.72. The van der Waals surface area contributed by atoms with Gasteiger partial charge in [0.25, 0.3) is 5.91 Å². The standard InChI is InChI=1S/C20H19ClFNO3/c21-17-11-14(12-18-19(17)26-8-7-25-18)20(24)23-6-2-5-16(23)10-13-3-1-4-15(22)9-13/h1,3-4,9,11-12,16H,2,5-8,10H2. The zero-order chi connectivity index (χ0) is 18.1. The quantitative estimate of drug-likeness (QED) is 0.810. The lowest BCUT2D eigenvalue weighted by Crippen LogP contribution is -2.37. The largest absolute Gasteiger partial charge is 0.486 e. The van der Waals surface area contributed by atoms with Gasteiger partial charge >= 0.3 is 0 Å². The predicted molar refractivity (Wildman–Crippen MR) is 96.6 cm³/mol. The van der Waals surface area contributed by atoms with E-state index in [2.05, 4.69) is 0 Å². The van der Waals surface area contributed by atoms with Crippen molar-refractivity contribution < 1.29 is 18.7 Å². The molecule has 0 aromatic heterocycles. The van der Waals surface area contributed by atoms with Crippen LogP contribution in [0.5, 0.6) is 11.5 Å². The summed E-state index contributed by atoms with van der Waals surface area (Å²) in [5, 5.41) is 0.381. The lowest BCUT2D eigenvalue weighted by molar-refractivity contribution is 0.0735. The van der Waals surface area contributed by atoms with E-state index in [4.69, 9.17) is 21.1 Å². The molecule has 136 valence electrons. The van der Waals surface area contributed by atoms with Crippen molar-refractivity contribution >= 4 is 17.5 Å². The first-order valence-corrected chi connectivity index (χ1v) is 9.14. The van der Waals surface area contributed by atoms with Gasteiger partial charge in [0.2, 0.25) is 0 Å². The fraction of sp³-hybridized carbons (Fsp3) is 0.350. The van der Waals surface area contributed by atoms with Gasteiger partial charge in [-0.3, -0.25) is 4.79 Å². The summed E-state index contributed by atoms with van der Waals surface area (Å²) in [7, 11) is 0. The van der Waals surface area contributed by atoms with E-state index in [1.165, 1.54) is 12.1 Å². The van der Waals surface area contributed by atoms with Crippen LogP contribution in [0, 0.1) is 5.82 Å². The number of fused-ring (bicyclic) bond motifs is 1. The first kappa shape index (κ1) is 17.2. The molecule has 6 heteroatoms. The average molecular weight is 376 g/mol. The molecule has 1 fully saturated rings. The van der Waals surface area contributed by atoms with Gasteiger partial charge < -0.3 is 14.4 Å². The molecule has 2 aliphatic rings. The van der Waals surface area contributed by atoms with Crippen LogP contribution in [-0.2, 0) is 6.42 Å². The van der Waals surface area contributed by atoms with Crippen LogP contribution in [0.25, 0.3) is 0 Å². The van der Waals surface area contributed by atoms with E-state index in [9.17, 15) is 9.18 Å². The smallest absolute Gasteiger partial charge is 0.254 e. The molecule has 0 bridgehead atoms. The first-order valence-electron chi connectivity index (χ1n) is 8.76. The van der Waals surface area contributed by atoms with Gasteiger partial charge in [-0.25, -0.2) is 4.39 Å². The summed E-state index contributed by atoms with van der Waals surface area (Å²) in [6.45, 7) is 1.57. The van der Waals surface area contributed by atoms with E-state index in [1.807, 2.05) is 11.0 Å². The van der Waals surface area contributed by atoms with E-state index >= 15 is 0 Å². The molecule has 0 radical (unpaired) electrons. The molecule has 2 aliphatic heterocycles. The predicted octanol–water partition coefficient (Wildman–Crippen LogP) is 4.10. The van der Waals surface area contributed by atoms with Crippen molar-refractivity contribution in [1.82, 2.24) is 4.90 Å². The van der Waals surface area contributed by atoms with Crippen molar-refractivity contribution in [2.75, 3.05) is 19.8 Å². The molecule has 2 aromatic carbocycles. The number of hydrogen-bond donors (Lipinski definition) is 0. The number of benzene rings is 2. The molecule has 0 saturated carbocycles. The Hall–Kier alpha value is -2.27. The Morgan fingerprint density at radius 2 is 2.08 bits per heavy atom. The minimum Gasteiger partial charge on any atom is -0.486 e. The maximum atomic E-state index is 13.4. The number of halogens is 2. The van der Waals surface area contributed by atoms with Gasteiger partial charge in [-0.15, -0.1) is 0 Å². The lowest BCUT2D eigenvalue weighted by Gasteiger charge is -2.26. The second-order valence-electron chi connectivity index (χ2n) is 6.61. The molecular weight excluding hydrogens is 357 g/mol. The summed E-state index contributed by atoms with van der Waals surface area (Å²) < 4.78 is 24.5. The highest BCUT2D eigenvalue weighted by Gasteiger charge is 2.31. The SMILES string of the molecule is O=C(c1cc(Cl)c2c(c1)OCCO2)N1CCCC1Cc1cccc(F)c1. The molecule has 26 heavy (non-hydrogen) atoms. The van der Waals surface area contributed by atoms with Gasteiger partial charge in [0.05, 0.1) is 5.02 Å². The van der Waals surface area contributed by atoms with Crippen LogP contribution >= 0.6 is 11.6 Å². The number of amides is 1. The number of rotatable bonds is 3. The van der Waals surface area contributed by atoms with E-state index in [1.54, 1.807) is 18.2 Å². The molecule has 1 atom stereocenters. The second kappa shape index (κ2) is 7.16. The van der Waals surface area contributed by atoms with Crippen LogP contribution in [0.1, 0.15) is 28.8 Å². The molecule has 4 rings (SSSR count). The number of nitrogens with zero attached hydrogens (tertiary/aromatic N) is 1. The molecule has 2 heterocycles. The number of carbonyl (C=O) groups excluding carboxylic acids is 1. The van der Waals surface area contributed by atoms with Gasteiger partial charge in [0.1, 0.15) is 19.0 Å². The molecular formula is C20H19ClFNO3. The summed E-state index contributed by atoms with van der Waals surface area (Å²) >= 11 is 6.26. The van der Waals surface area contributed by atoms with Crippen molar-refractivity contribution in [3.8, 4) is 11.5 Å². The Bertz CT molecular complexity index is 842. The third-order valence-corrected chi connectivity index (χ3v) is 5.12. The van der Waals surface area contributed by atoms with Crippen molar-refractivity contribution in [2.45, 2.75) is 25.3 Å². The van der Waals surface area contributed by atoms with Crippen LogP contribution in [0.4, 0.5) is 4.39 Å². The van der Waals surface area contributed by atoms with Crippen molar-refractivity contribution in [1.29, 1.82) is 0 Å². The summed E-state index contributed by atoms with van der Waals surface area (Å²) in [6, 6.07) is 9.93. The lowest BCUT2D eigenvalue weighted by atomic mass is 10.0. The minimum absolute atomic E-state index is 0.0521. The summed E-state index contributed by atoms with van der Waals surface area (Å²) in [5.41, 5.74) is 1.39. The number of carbonyl (C=O) groups is 1. The highest BCUT2D eigenvalue weighted by atomic mass is 35.5. The van der Waals surface area contributed by atoms with E-state index < -0.39 is 0 Å². The van der Waals surface area contributed by atoms with Gasteiger partial charge in [0, 0.05) is 18.2 Å². The van der Waals surface area contributed by atoms with Crippen molar-refractivity contribution in [2.24, 2.45) is 0 Å². The van der Waals surface area contributed by atoms with E-state index in [0.29, 0.717) is 48.3 Å². The van der Waals surface area contributed by atoms with Crippen LogP contribution in [0.3, 0.4) is 0 Å². The van der Waals surface area contributed by atoms with Crippen LogP contribution in [0.15, 0.2) is 36.4 Å². The Balaban J connectivity index is 1.56. The monoisotopic (exact) mass is 375 g/mol. The van der Waals surface area contributed by atoms with E-state index in [0.717, 1.165) is 18.4 Å². The minimum atomic E-state index is -0.253. The van der Waals surface area contributed by atoms with Gasteiger partial charge in [-0.2, -0.15) is 0 Å². The summed E-state index contributed by atoms with van der Waals surface area (Å²) in [5.74, 6) is 0.667. The van der Waals surface area contributed by atoms with E-state index in [-0.39, 0.29) is 17.8 Å². The average Bonchev–Trinajstić information content (AvgIpc) is 3.09. The molecule has 0 spiro atoms. The van der Waals surface area contributed by atoms with Gasteiger partial charge in [-0.05, 0) is 49.1 Å². The maximum absolute atomic E-state index is 13.4. The second-order valence-corrected chi connectivity index (χ2v) is 7.02. The Labute approximate surface area is 156 Å². The highest BCUT2D eigenvalue weighted by Crippen LogP contribution is 2.39. The highest BCUT2D eigenvalue weighted by molar-refractivity contribution is 6.32. The third kappa shape index (κ3) is 3.36. The number of hydrogen-bond acceptors (Lipinski definition) is 3. The van der Waals surface area contributed by atoms with Gasteiger partial charge in [0.15, 0.2) is 11.5 Å². The number of likely N-dealkylation sites (tertiary alicyclic amines) is 1. The molecule has 0 N–H and O–H groups in total. The first-order chi connectivity index (χ1) is 12.6. The zero-order valence-corrected chi connectivity index (χ0v) is 15.0. The molecule has 2 aromatic rings. The Morgan fingerprint density at radius 1 is 1.23 bits per heavy atom. The van der Waals surface area contributed by atoms with Gasteiger partial charge in [-0.1, -0.05) is 23.7 Å². The number of ether oxygens (including phenoxy) is 2.